The van der Waals surface area contributed by atoms with Crippen molar-refractivity contribution in [3.05, 3.63) is 101 Å². The van der Waals surface area contributed by atoms with Gasteiger partial charge >= 0.3 is 0 Å². The van der Waals surface area contributed by atoms with Crippen molar-refractivity contribution in [3.8, 4) is 11.4 Å². The summed E-state index contributed by atoms with van der Waals surface area (Å²) in [5, 5.41) is 19.2. The maximum atomic E-state index is 14.1. The fourth-order valence-corrected chi connectivity index (χ4v) is 4.22. The van der Waals surface area contributed by atoms with Gasteiger partial charge in [0.2, 0.25) is 0 Å². The fraction of sp³-hybridized carbons (Fsp3) is 0.200. The van der Waals surface area contributed by atoms with Crippen LogP contribution in [0.25, 0.3) is 11.4 Å². The largest absolute Gasteiger partial charge is 0.390 e. The van der Waals surface area contributed by atoms with E-state index in [1.165, 1.54) is 42.1 Å². The van der Waals surface area contributed by atoms with E-state index in [0.717, 1.165) is 0 Å². The Hall–Kier alpha value is -3.14. The predicted molar refractivity (Wildman–Crippen MR) is 124 cm³/mol. The lowest BCUT2D eigenvalue weighted by atomic mass is 10.0. The molecule has 9 heteroatoms. The number of ether oxygens (including phenoxy) is 1. The first-order valence-electron chi connectivity index (χ1n) is 10.5. The molecule has 1 unspecified atom stereocenters. The Morgan fingerprint density at radius 1 is 0.882 bits per heavy atom. The molecule has 4 aromatic rings. The monoisotopic (exact) mass is 485 g/mol. The van der Waals surface area contributed by atoms with Crippen molar-refractivity contribution in [2.45, 2.75) is 17.4 Å². The molecule has 3 aromatic carbocycles. The van der Waals surface area contributed by atoms with E-state index in [2.05, 4.69) is 10.2 Å². The van der Waals surface area contributed by atoms with Crippen molar-refractivity contribution in [2.24, 2.45) is 7.05 Å². The van der Waals surface area contributed by atoms with Crippen LogP contribution in [0.2, 0.25) is 0 Å². The number of hydrogen-bond acceptors (Lipinski definition) is 5. The van der Waals surface area contributed by atoms with E-state index in [1.54, 1.807) is 54.1 Å². The molecule has 0 bridgehead atoms. The summed E-state index contributed by atoms with van der Waals surface area (Å²) in [5.41, 5.74) is 1.70. The van der Waals surface area contributed by atoms with Crippen LogP contribution < -0.4 is 0 Å². The van der Waals surface area contributed by atoms with Crippen LogP contribution in [0.15, 0.2) is 78.0 Å². The number of rotatable bonds is 9. The molecular formula is C25H22F3N3O2S. The Bertz CT molecular complexity index is 1190. The topological polar surface area (TPSA) is 60.2 Å². The maximum Gasteiger partial charge on any atom is 0.191 e. The molecule has 0 saturated carbocycles. The lowest BCUT2D eigenvalue weighted by Crippen LogP contribution is -2.21. The Kier molecular flexibility index (Phi) is 7.66. The molecule has 0 fully saturated rings. The molecule has 0 spiro atoms. The second-order valence-corrected chi connectivity index (χ2v) is 8.61. The zero-order chi connectivity index (χ0) is 24.1. The summed E-state index contributed by atoms with van der Waals surface area (Å²) < 4.78 is 48.5. The molecule has 0 aliphatic heterocycles. The van der Waals surface area contributed by atoms with Gasteiger partial charge in [-0.05, 0) is 47.5 Å². The minimum atomic E-state index is -0.859. The van der Waals surface area contributed by atoms with Gasteiger partial charge in [-0.2, -0.15) is 0 Å². The summed E-state index contributed by atoms with van der Waals surface area (Å²) in [5.74, 6) is -0.509. The van der Waals surface area contributed by atoms with Gasteiger partial charge in [0.05, 0.1) is 18.3 Å². The van der Waals surface area contributed by atoms with Gasteiger partial charge in [0.1, 0.15) is 23.6 Å². The van der Waals surface area contributed by atoms with Crippen LogP contribution in [-0.4, -0.2) is 38.3 Å². The minimum Gasteiger partial charge on any atom is -0.390 e. The normalized spacial score (nSPS) is 12.3. The molecule has 4 rings (SSSR count). The van der Waals surface area contributed by atoms with Gasteiger partial charge in [0.25, 0.3) is 0 Å². The van der Waals surface area contributed by atoms with E-state index in [-0.39, 0.29) is 24.0 Å². The van der Waals surface area contributed by atoms with E-state index in [1.807, 2.05) is 0 Å². The molecule has 0 saturated heterocycles. The Balaban J connectivity index is 1.41. The third kappa shape index (κ3) is 5.67. The third-order valence-corrected chi connectivity index (χ3v) is 6.32. The summed E-state index contributed by atoms with van der Waals surface area (Å²) in [6.45, 7) is -0.0234. The van der Waals surface area contributed by atoms with Gasteiger partial charge in [-0.1, -0.05) is 48.2 Å². The Labute approximate surface area is 199 Å². The van der Waals surface area contributed by atoms with Crippen molar-refractivity contribution >= 4 is 11.8 Å². The van der Waals surface area contributed by atoms with Crippen LogP contribution in [0.5, 0.6) is 0 Å². The average Bonchev–Trinajstić information content (AvgIpc) is 3.20. The molecule has 0 aliphatic carbocycles. The summed E-state index contributed by atoms with van der Waals surface area (Å²) in [7, 11) is 1.73. The van der Waals surface area contributed by atoms with Crippen LogP contribution in [-0.2, 0) is 11.8 Å². The molecule has 0 radical (unpaired) electrons. The average molecular weight is 486 g/mol. The number of benzene rings is 3. The smallest absolute Gasteiger partial charge is 0.191 e. The first kappa shape index (κ1) is 24.0. The van der Waals surface area contributed by atoms with Gasteiger partial charge in [-0.25, -0.2) is 13.2 Å². The number of nitrogens with zero attached hydrogens (tertiary/aromatic N) is 3. The van der Waals surface area contributed by atoms with Crippen molar-refractivity contribution in [3.63, 3.8) is 0 Å². The van der Waals surface area contributed by atoms with E-state index in [9.17, 15) is 18.3 Å². The number of aromatic nitrogens is 3. The Morgan fingerprint density at radius 3 is 2.06 bits per heavy atom. The number of aliphatic hydroxyl groups excluding tert-OH is 1. The van der Waals surface area contributed by atoms with Crippen molar-refractivity contribution in [1.29, 1.82) is 0 Å². The lowest BCUT2D eigenvalue weighted by Gasteiger charge is -2.21. The highest BCUT2D eigenvalue weighted by Gasteiger charge is 2.19. The van der Waals surface area contributed by atoms with Gasteiger partial charge in [-0.3, -0.25) is 0 Å². The van der Waals surface area contributed by atoms with E-state index < -0.39 is 18.0 Å². The molecule has 5 nitrogen and oxygen atoms in total. The Morgan fingerprint density at radius 2 is 1.47 bits per heavy atom. The van der Waals surface area contributed by atoms with Crippen LogP contribution in [0.4, 0.5) is 13.2 Å². The molecule has 34 heavy (non-hydrogen) atoms. The minimum absolute atomic E-state index is 0.0234. The molecule has 176 valence electrons. The third-order valence-electron chi connectivity index (χ3n) is 5.16. The highest BCUT2D eigenvalue weighted by atomic mass is 32.2. The highest BCUT2D eigenvalue weighted by molar-refractivity contribution is 7.99. The van der Waals surface area contributed by atoms with Crippen LogP contribution in [0, 0.1) is 17.5 Å². The van der Waals surface area contributed by atoms with Crippen molar-refractivity contribution < 1.29 is 23.0 Å². The fourth-order valence-electron chi connectivity index (χ4n) is 3.40. The molecule has 1 atom stereocenters. The van der Waals surface area contributed by atoms with Gasteiger partial charge in [0.15, 0.2) is 11.0 Å². The predicted octanol–water partition coefficient (Wildman–Crippen LogP) is 5.16. The second-order valence-electron chi connectivity index (χ2n) is 7.63. The van der Waals surface area contributed by atoms with Crippen LogP contribution in [0.1, 0.15) is 17.2 Å². The standard InChI is InChI=1S/C25H22F3N3O2S/c1-31-24(21-4-2-3-5-22(21)28)29-30-25(31)34-15-20(32)14-33-23(16-6-10-18(26)11-7-16)17-8-12-19(27)13-9-17/h2-13,20,23,32H,14-15H2,1H3. The first-order valence-corrected chi connectivity index (χ1v) is 11.5. The zero-order valence-electron chi connectivity index (χ0n) is 18.2. The molecule has 0 amide bonds. The summed E-state index contributed by atoms with van der Waals surface area (Å²) in [6, 6.07) is 18.0. The lowest BCUT2D eigenvalue weighted by molar-refractivity contribution is 0.0154. The van der Waals surface area contributed by atoms with Crippen LogP contribution in [0.3, 0.4) is 0 Å². The van der Waals surface area contributed by atoms with Crippen molar-refractivity contribution in [2.75, 3.05) is 12.4 Å². The highest BCUT2D eigenvalue weighted by Crippen LogP contribution is 2.28. The van der Waals surface area contributed by atoms with E-state index in [0.29, 0.717) is 27.7 Å². The quantitative estimate of drug-likeness (QED) is 0.332. The SMILES string of the molecule is Cn1c(SCC(O)COC(c2ccc(F)cc2)c2ccc(F)cc2)nnc1-c1ccccc1F. The van der Waals surface area contributed by atoms with Crippen molar-refractivity contribution in [1.82, 2.24) is 14.8 Å². The number of halogens is 3. The van der Waals surface area contributed by atoms with Gasteiger partial charge in [0, 0.05) is 12.8 Å². The summed E-state index contributed by atoms with van der Waals surface area (Å²) in [4.78, 5) is 0. The molecule has 0 aliphatic rings. The summed E-state index contributed by atoms with van der Waals surface area (Å²) in [6.07, 6.45) is -1.47. The zero-order valence-corrected chi connectivity index (χ0v) is 19.1. The molecular weight excluding hydrogens is 463 g/mol. The molecule has 1 aromatic heterocycles. The summed E-state index contributed by atoms with van der Waals surface area (Å²) >= 11 is 1.26. The maximum absolute atomic E-state index is 14.1. The molecule has 1 N–H and O–H groups in total. The number of thioether (sulfide) groups is 1. The van der Waals surface area contributed by atoms with E-state index in [4.69, 9.17) is 4.74 Å². The van der Waals surface area contributed by atoms with Gasteiger partial charge < -0.3 is 14.4 Å². The van der Waals surface area contributed by atoms with E-state index >= 15 is 0 Å². The second kappa shape index (κ2) is 10.9. The number of aliphatic hydroxyl groups is 1. The van der Waals surface area contributed by atoms with Crippen LogP contribution >= 0.6 is 11.8 Å². The first-order chi connectivity index (χ1) is 16.4. The van der Waals surface area contributed by atoms with Gasteiger partial charge in [-0.15, -0.1) is 10.2 Å². The molecule has 1 heterocycles. The number of hydrogen-bond donors (Lipinski definition) is 1.